The van der Waals surface area contributed by atoms with Crippen molar-refractivity contribution in [2.45, 2.75) is 10.1 Å². The van der Waals surface area contributed by atoms with Gasteiger partial charge >= 0.3 is 0 Å². The molecular formula is C21H12Cl3FN2S2. The number of halogens is 4. The molecule has 0 amide bonds. The SMILES string of the molecule is Fc1cccc(Cl)c1C=Nc1ccc2nc(SCc3cc(Cl)ccc3Cl)sc2c1. The van der Waals surface area contributed by atoms with Gasteiger partial charge in [0.25, 0.3) is 0 Å². The first kappa shape index (κ1) is 20.6. The van der Waals surface area contributed by atoms with Crippen LogP contribution >= 0.6 is 57.9 Å². The molecule has 29 heavy (non-hydrogen) atoms. The van der Waals surface area contributed by atoms with E-state index >= 15 is 0 Å². The molecule has 0 N–H and O–H groups in total. The summed E-state index contributed by atoms with van der Waals surface area (Å²) in [5, 5.41) is 1.67. The van der Waals surface area contributed by atoms with Crippen molar-refractivity contribution in [1.29, 1.82) is 0 Å². The predicted molar refractivity (Wildman–Crippen MR) is 124 cm³/mol. The zero-order valence-corrected chi connectivity index (χ0v) is 18.6. The summed E-state index contributed by atoms with van der Waals surface area (Å²) < 4.78 is 15.8. The molecule has 0 atom stereocenters. The van der Waals surface area contributed by atoms with Crippen molar-refractivity contribution in [3.63, 3.8) is 0 Å². The Morgan fingerprint density at radius 3 is 2.72 bits per heavy atom. The third kappa shape index (κ3) is 4.93. The normalized spacial score (nSPS) is 11.6. The van der Waals surface area contributed by atoms with Gasteiger partial charge in [-0.05, 0) is 54.1 Å². The Labute approximate surface area is 190 Å². The van der Waals surface area contributed by atoms with Gasteiger partial charge in [0.2, 0.25) is 0 Å². The molecule has 0 bridgehead atoms. The molecule has 8 heteroatoms. The third-order valence-corrected chi connectivity index (χ3v) is 7.20. The number of aliphatic imine (C=N–C) groups is 1. The molecule has 0 spiro atoms. The number of hydrogen-bond acceptors (Lipinski definition) is 4. The Hall–Kier alpha value is -1.63. The maximum absolute atomic E-state index is 13.9. The largest absolute Gasteiger partial charge is 0.256 e. The lowest BCUT2D eigenvalue weighted by Gasteiger charge is -2.02. The molecule has 0 saturated heterocycles. The van der Waals surface area contributed by atoms with Crippen LogP contribution in [-0.4, -0.2) is 11.2 Å². The summed E-state index contributed by atoms with van der Waals surface area (Å²) in [6, 6.07) is 15.7. The molecular weight excluding hydrogens is 470 g/mol. The molecule has 3 aromatic carbocycles. The summed E-state index contributed by atoms with van der Waals surface area (Å²) in [5.74, 6) is 0.272. The first-order valence-electron chi connectivity index (χ1n) is 8.45. The van der Waals surface area contributed by atoms with Gasteiger partial charge in [-0.3, -0.25) is 4.99 Å². The Balaban J connectivity index is 1.53. The van der Waals surface area contributed by atoms with E-state index in [2.05, 4.69) is 9.98 Å². The smallest absolute Gasteiger partial charge is 0.151 e. The molecule has 2 nitrogen and oxygen atoms in total. The van der Waals surface area contributed by atoms with Gasteiger partial charge in [0.15, 0.2) is 4.34 Å². The number of aromatic nitrogens is 1. The molecule has 146 valence electrons. The van der Waals surface area contributed by atoms with Crippen LogP contribution in [0.5, 0.6) is 0 Å². The highest BCUT2D eigenvalue weighted by Crippen LogP contribution is 2.35. The topological polar surface area (TPSA) is 25.2 Å². The van der Waals surface area contributed by atoms with E-state index in [1.54, 1.807) is 47.4 Å². The van der Waals surface area contributed by atoms with Gasteiger partial charge in [-0.15, -0.1) is 11.3 Å². The number of nitrogens with zero attached hydrogens (tertiary/aromatic N) is 2. The highest BCUT2D eigenvalue weighted by Gasteiger charge is 2.09. The fourth-order valence-electron chi connectivity index (χ4n) is 2.60. The van der Waals surface area contributed by atoms with Crippen LogP contribution in [0.25, 0.3) is 10.2 Å². The zero-order valence-electron chi connectivity index (χ0n) is 14.7. The highest BCUT2D eigenvalue weighted by atomic mass is 35.5. The summed E-state index contributed by atoms with van der Waals surface area (Å²) in [7, 11) is 0. The summed E-state index contributed by atoms with van der Waals surface area (Å²) >= 11 is 21.5. The Kier molecular flexibility index (Phi) is 6.42. The molecule has 1 aromatic heterocycles. The van der Waals surface area contributed by atoms with Crippen LogP contribution in [0.3, 0.4) is 0 Å². The first-order chi connectivity index (χ1) is 14.0. The summed E-state index contributed by atoms with van der Waals surface area (Å²) in [5.41, 5.74) is 2.83. The number of rotatable bonds is 5. The molecule has 4 aromatic rings. The van der Waals surface area contributed by atoms with E-state index in [9.17, 15) is 4.39 Å². The summed E-state index contributed by atoms with van der Waals surface area (Å²) in [6.07, 6.45) is 1.44. The maximum Gasteiger partial charge on any atom is 0.151 e. The number of thiazole rings is 1. The minimum atomic E-state index is -0.404. The zero-order chi connectivity index (χ0) is 20.4. The lowest BCUT2D eigenvalue weighted by Crippen LogP contribution is -1.88. The van der Waals surface area contributed by atoms with Crippen LogP contribution in [0.1, 0.15) is 11.1 Å². The average Bonchev–Trinajstić information content (AvgIpc) is 3.10. The van der Waals surface area contributed by atoms with Gasteiger partial charge in [-0.2, -0.15) is 0 Å². The van der Waals surface area contributed by atoms with Gasteiger partial charge in [0, 0.05) is 27.6 Å². The van der Waals surface area contributed by atoms with E-state index in [0.29, 0.717) is 26.5 Å². The minimum Gasteiger partial charge on any atom is -0.256 e. The van der Waals surface area contributed by atoms with Crippen molar-refractivity contribution in [3.05, 3.63) is 86.6 Å². The van der Waals surface area contributed by atoms with E-state index in [1.165, 1.54) is 12.3 Å². The molecule has 4 rings (SSSR count). The second-order valence-electron chi connectivity index (χ2n) is 6.05. The number of benzene rings is 3. The van der Waals surface area contributed by atoms with Gasteiger partial charge in [-0.25, -0.2) is 9.37 Å². The van der Waals surface area contributed by atoms with Crippen LogP contribution in [0.4, 0.5) is 10.1 Å². The van der Waals surface area contributed by atoms with Crippen LogP contribution in [-0.2, 0) is 5.75 Å². The quantitative estimate of drug-likeness (QED) is 0.211. The van der Waals surface area contributed by atoms with E-state index in [1.807, 2.05) is 24.3 Å². The fourth-order valence-corrected chi connectivity index (χ4v) is 5.36. The van der Waals surface area contributed by atoms with Crippen LogP contribution in [0.15, 0.2) is 63.9 Å². The number of thioether (sulfide) groups is 1. The highest BCUT2D eigenvalue weighted by molar-refractivity contribution is 8.00. The Morgan fingerprint density at radius 2 is 1.90 bits per heavy atom. The standard InChI is InChI=1S/C21H12Cl3FN2S2/c22-13-4-6-16(23)12(8-13)11-28-21-27-19-7-5-14(9-20(19)29-21)26-10-15-17(24)2-1-3-18(15)25/h1-10H,11H2. The number of hydrogen-bond donors (Lipinski definition) is 0. The second kappa shape index (κ2) is 9.02. The van der Waals surface area contributed by atoms with E-state index in [4.69, 9.17) is 34.8 Å². The van der Waals surface area contributed by atoms with E-state index in [-0.39, 0.29) is 5.56 Å². The van der Waals surface area contributed by atoms with Crippen LogP contribution in [0, 0.1) is 5.82 Å². The van der Waals surface area contributed by atoms with Crippen molar-refractivity contribution in [2.75, 3.05) is 0 Å². The first-order valence-corrected chi connectivity index (χ1v) is 11.4. The van der Waals surface area contributed by atoms with Gasteiger partial charge in [0.1, 0.15) is 5.82 Å². The Morgan fingerprint density at radius 1 is 1.03 bits per heavy atom. The summed E-state index contributed by atoms with van der Waals surface area (Å²) in [6.45, 7) is 0. The molecule has 0 saturated carbocycles. The van der Waals surface area contributed by atoms with Crippen molar-refractivity contribution in [3.8, 4) is 0 Å². The van der Waals surface area contributed by atoms with Crippen molar-refractivity contribution in [2.24, 2.45) is 4.99 Å². The molecule has 0 fully saturated rings. The van der Waals surface area contributed by atoms with Crippen LogP contribution in [0.2, 0.25) is 15.1 Å². The fraction of sp³-hybridized carbons (Fsp3) is 0.0476. The average molecular weight is 482 g/mol. The summed E-state index contributed by atoms with van der Waals surface area (Å²) in [4.78, 5) is 9.00. The van der Waals surface area contributed by atoms with Gasteiger partial charge in [0.05, 0.1) is 20.9 Å². The maximum atomic E-state index is 13.9. The lowest BCUT2D eigenvalue weighted by atomic mass is 10.2. The minimum absolute atomic E-state index is 0.271. The molecule has 0 unspecified atom stereocenters. The van der Waals surface area contributed by atoms with Crippen molar-refractivity contribution >= 4 is 80.0 Å². The van der Waals surface area contributed by atoms with Gasteiger partial charge < -0.3 is 0 Å². The number of fused-ring (bicyclic) bond motifs is 1. The second-order valence-corrected chi connectivity index (χ2v) is 9.55. The predicted octanol–water partition coefficient (Wildman–Crippen LogP) is 8.44. The van der Waals surface area contributed by atoms with E-state index in [0.717, 1.165) is 20.1 Å². The Bertz CT molecular complexity index is 1200. The molecule has 0 aliphatic heterocycles. The van der Waals surface area contributed by atoms with Crippen LogP contribution < -0.4 is 0 Å². The van der Waals surface area contributed by atoms with E-state index < -0.39 is 5.82 Å². The molecule has 0 aliphatic carbocycles. The molecule has 0 radical (unpaired) electrons. The lowest BCUT2D eigenvalue weighted by molar-refractivity contribution is 0.626. The van der Waals surface area contributed by atoms with Crippen molar-refractivity contribution < 1.29 is 4.39 Å². The van der Waals surface area contributed by atoms with Gasteiger partial charge in [-0.1, -0.05) is 52.6 Å². The van der Waals surface area contributed by atoms with Crippen molar-refractivity contribution in [1.82, 2.24) is 4.98 Å². The third-order valence-electron chi connectivity index (χ3n) is 4.05. The molecule has 1 heterocycles. The monoisotopic (exact) mass is 480 g/mol. The molecule has 0 aliphatic rings.